The molecule has 146 valence electrons. The zero-order valence-corrected chi connectivity index (χ0v) is 15.4. The van der Waals surface area contributed by atoms with Crippen LogP contribution in [0.5, 0.6) is 0 Å². The lowest BCUT2D eigenvalue weighted by atomic mass is 10.0. The number of nitrogens with two attached hydrogens (primary N) is 1. The summed E-state index contributed by atoms with van der Waals surface area (Å²) in [5, 5.41) is 0. The Labute approximate surface area is 162 Å². The van der Waals surface area contributed by atoms with Crippen molar-refractivity contribution < 1.29 is 18.0 Å². The van der Waals surface area contributed by atoms with E-state index in [1.54, 1.807) is 29.2 Å². The number of likely N-dealkylation sites (tertiary alicyclic amines) is 1. The van der Waals surface area contributed by atoms with Crippen molar-refractivity contribution in [2.24, 2.45) is 5.73 Å². The smallest absolute Gasteiger partial charge is 0.339 e. The molecule has 1 amide bonds. The third kappa shape index (κ3) is 5.20. The van der Waals surface area contributed by atoms with Crippen LogP contribution in [-0.4, -0.2) is 34.9 Å². The van der Waals surface area contributed by atoms with Gasteiger partial charge in [-0.25, -0.2) is 0 Å². The molecule has 1 unspecified atom stereocenters. The van der Waals surface area contributed by atoms with E-state index in [4.69, 9.17) is 5.73 Å². The lowest BCUT2D eigenvalue weighted by molar-refractivity contribution is -0.137. The SMILES string of the molecule is Cl.NC1CCCN(C(=O)c2cccc(-c3cc(C(F)(F)F)ccn3)c2)CC1. The van der Waals surface area contributed by atoms with E-state index in [9.17, 15) is 18.0 Å². The standard InChI is InChI=1S/C19H20F3N3O.ClH/c20-19(21,22)15-6-8-24-17(12-15)13-3-1-4-14(11-13)18(26)25-9-2-5-16(23)7-10-25;/h1,3-4,6,8,11-12,16H,2,5,7,9-10,23H2;1H. The predicted molar refractivity (Wildman–Crippen MR) is 99.7 cm³/mol. The number of nitrogens with zero attached hydrogens (tertiary/aromatic N) is 2. The molecule has 0 spiro atoms. The molecule has 1 atom stereocenters. The molecule has 1 aliphatic rings. The van der Waals surface area contributed by atoms with E-state index in [0.29, 0.717) is 24.2 Å². The van der Waals surface area contributed by atoms with Crippen LogP contribution in [0.1, 0.15) is 35.2 Å². The quantitative estimate of drug-likeness (QED) is 0.825. The molecule has 2 aromatic rings. The van der Waals surface area contributed by atoms with E-state index in [2.05, 4.69) is 4.98 Å². The highest BCUT2D eigenvalue weighted by Gasteiger charge is 2.30. The minimum absolute atomic E-state index is 0. The molecule has 1 aromatic heterocycles. The number of halogens is 4. The van der Waals surface area contributed by atoms with Crippen molar-refractivity contribution in [1.29, 1.82) is 0 Å². The molecule has 4 nitrogen and oxygen atoms in total. The number of hydrogen-bond acceptors (Lipinski definition) is 3. The van der Waals surface area contributed by atoms with Gasteiger partial charge in [0.15, 0.2) is 0 Å². The second-order valence-electron chi connectivity index (χ2n) is 6.49. The van der Waals surface area contributed by atoms with Gasteiger partial charge in [-0.15, -0.1) is 12.4 Å². The van der Waals surface area contributed by atoms with Crippen LogP contribution in [0.3, 0.4) is 0 Å². The molecular formula is C19H21ClF3N3O. The van der Waals surface area contributed by atoms with Crippen molar-refractivity contribution in [3.8, 4) is 11.3 Å². The predicted octanol–water partition coefficient (Wildman–Crippen LogP) is 4.14. The minimum atomic E-state index is -4.43. The van der Waals surface area contributed by atoms with Crippen molar-refractivity contribution in [1.82, 2.24) is 9.88 Å². The lowest BCUT2D eigenvalue weighted by Gasteiger charge is -2.20. The Kier molecular flexibility index (Phi) is 6.84. The maximum atomic E-state index is 12.9. The third-order valence-corrected chi connectivity index (χ3v) is 4.55. The average molecular weight is 400 g/mol. The summed E-state index contributed by atoms with van der Waals surface area (Å²) in [6.45, 7) is 1.23. The van der Waals surface area contributed by atoms with Crippen LogP contribution in [0.25, 0.3) is 11.3 Å². The summed E-state index contributed by atoms with van der Waals surface area (Å²) in [4.78, 5) is 18.5. The molecule has 0 saturated carbocycles. The van der Waals surface area contributed by atoms with Crippen LogP contribution >= 0.6 is 12.4 Å². The molecule has 0 bridgehead atoms. The Morgan fingerprint density at radius 2 is 1.93 bits per heavy atom. The van der Waals surface area contributed by atoms with Crippen LogP contribution in [0.2, 0.25) is 0 Å². The summed E-state index contributed by atoms with van der Waals surface area (Å²) in [7, 11) is 0. The van der Waals surface area contributed by atoms with E-state index in [0.717, 1.165) is 37.6 Å². The van der Waals surface area contributed by atoms with Crippen LogP contribution in [-0.2, 0) is 6.18 Å². The number of benzene rings is 1. The highest BCUT2D eigenvalue weighted by molar-refractivity contribution is 5.95. The molecule has 1 aromatic carbocycles. The van der Waals surface area contributed by atoms with E-state index in [-0.39, 0.29) is 30.0 Å². The van der Waals surface area contributed by atoms with Crippen molar-refractivity contribution in [3.05, 3.63) is 53.7 Å². The highest BCUT2D eigenvalue weighted by Crippen LogP contribution is 2.31. The molecule has 8 heteroatoms. The maximum absolute atomic E-state index is 12.9. The fourth-order valence-electron chi connectivity index (χ4n) is 3.08. The van der Waals surface area contributed by atoms with Gasteiger partial charge in [0.1, 0.15) is 0 Å². The highest BCUT2D eigenvalue weighted by atomic mass is 35.5. The molecule has 0 radical (unpaired) electrons. The molecule has 2 heterocycles. The summed E-state index contributed by atoms with van der Waals surface area (Å²) in [5.74, 6) is -0.132. The van der Waals surface area contributed by atoms with Crippen molar-refractivity contribution in [2.75, 3.05) is 13.1 Å². The summed E-state index contributed by atoms with van der Waals surface area (Å²) in [6.07, 6.45) is -0.820. The second kappa shape index (κ2) is 8.71. The zero-order valence-electron chi connectivity index (χ0n) is 14.6. The van der Waals surface area contributed by atoms with Crippen molar-refractivity contribution >= 4 is 18.3 Å². The molecule has 3 rings (SSSR count). The van der Waals surface area contributed by atoms with Crippen molar-refractivity contribution in [3.63, 3.8) is 0 Å². The van der Waals surface area contributed by atoms with Crippen LogP contribution in [0.15, 0.2) is 42.6 Å². The molecule has 2 N–H and O–H groups in total. The normalized spacial score (nSPS) is 17.8. The van der Waals surface area contributed by atoms with Gasteiger partial charge in [0, 0.05) is 36.5 Å². The Morgan fingerprint density at radius 1 is 1.15 bits per heavy atom. The summed E-state index contributed by atoms with van der Waals surface area (Å²) < 4.78 is 38.7. The minimum Gasteiger partial charge on any atom is -0.339 e. The first kappa shape index (κ1) is 21.2. The Balaban J connectivity index is 0.00000261. The van der Waals surface area contributed by atoms with Crippen LogP contribution in [0, 0.1) is 0 Å². The molecule has 1 fully saturated rings. The van der Waals surface area contributed by atoms with Crippen molar-refractivity contribution in [2.45, 2.75) is 31.5 Å². The monoisotopic (exact) mass is 399 g/mol. The number of rotatable bonds is 2. The third-order valence-electron chi connectivity index (χ3n) is 4.55. The molecule has 27 heavy (non-hydrogen) atoms. The Bertz CT molecular complexity index is 798. The summed E-state index contributed by atoms with van der Waals surface area (Å²) >= 11 is 0. The van der Waals surface area contributed by atoms with Gasteiger partial charge in [-0.2, -0.15) is 13.2 Å². The Morgan fingerprint density at radius 3 is 2.67 bits per heavy atom. The first-order valence-corrected chi connectivity index (χ1v) is 8.53. The van der Waals surface area contributed by atoms with Crippen LogP contribution < -0.4 is 5.73 Å². The molecule has 1 aliphatic heterocycles. The largest absolute Gasteiger partial charge is 0.416 e. The summed E-state index contributed by atoms with van der Waals surface area (Å²) in [5.41, 5.74) is 6.29. The van der Waals surface area contributed by atoms with Gasteiger partial charge in [-0.1, -0.05) is 12.1 Å². The van der Waals surface area contributed by atoms with Gasteiger partial charge in [-0.3, -0.25) is 9.78 Å². The number of pyridine rings is 1. The van der Waals surface area contributed by atoms with E-state index >= 15 is 0 Å². The van der Waals surface area contributed by atoms with Gasteiger partial charge in [0.25, 0.3) is 5.91 Å². The number of amides is 1. The van der Waals surface area contributed by atoms with E-state index < -0.39 is 11.7 Å². The van der Waals surface area contributed by atoms with Gasteiger partial charge in [0.2, 0.25) is 0 Å². The van der Waals surface area contributed by atoms with Gasteiger partial charge in [-0.05, 0) is 43.5 Å². The number of aromatic nitrogens is 1. The molecule has 1 saturated heterocycles. The lowest BCUT2D eigenvalue weighted by Crippen LogP contribution is -2.32. The number of alkyl halides is 3. The zero-order chi connectivity index (χ0) is 18.7. The van der Waals surface area contributed by atoms with Gasteiger partial charge < -0.3 is 10.6 Å². The topological polar surface area (TPSA) is 59.2 Å². The first-order valence-electron chi connectivity index (χ1n) is 8.53. The fraction of sp³-hybridized carbons (Fsp3) is 0.368. The maximum Gasteiger partial charge on any atom is 0.416 e. The number of carbonyl (C=O) groups excluding carboxylic acids is 1. The fourth-order valence-corrected chi connectivity index (χ4v) is 3.08. The van der Waals surface area contributed by atoms with Gasteiger partial charge in [0.05, 0.1) is 11.3 Å². The average Bonchev–Trinajstić information content (AvgIpc) is 2.85. The van der Waals surface area contributed by atoms with E-state index in [1.165, 1.54) is 0 Å². The number of hydrogen-bond donors (Lipinski definition) is 1. The molecule has 0 aliphatic carbocycles. The number of carbonyl (C=O) groups is 1. The Hall–Kier alpha value is -2.12. The molecular weight excluding hydrogens is 379 g/mol. The van der Waals surface area contributed by atoms with Crippen LogP contribution in [0.4, 0.5) is 13.2 Å². The first-order chi connectivity index (χ1) is 12.3. The van der Waals surface area contributed by atoms with E-state index in [1.807, 2.05) is 0 Å². The van der Waals surface area contributed by atoms with Gasteiger partial charge >= 0.3 is 6.18 Å². The summed E-state index contributed by atoms with van der Waals surface area (Å²) in [6, 6.07) is 8.60. The second-order valence-corrected chi connectivity index (χ2v) is 6.49.